The summed E-state index contributed by atoms with van der Waals surface area (Å²) in [4.78, 5) is 21.4. The Morgan fingerprint density at radius 1 is 1.04 bits per heavy atom. The predicted molar refractivity (Wildman–Crippen MR) is 101 cm³/mol. The van der Waals surface area contributed by atoms with Gasteiger partial charge in [-0.1, -0.05) is 42.5 Å². The second kappa shape index (κ2) is 6.46. The molecular weight excluding hydrogens is 328 g/mol. The van der Waals surface area contributed by atoms with Crippen molar-refractivity contribution in [1.29, 1.82) is 0 Å². The molecule has 0 spiro atoms. The number of nitrogens with zero attached hydrogens (tertiary/aromatic N) is 3. The number of rotatable bonds is 3. The Bertz CT molecular complexity index is 879. The number of piperazine rings is 1. The van der Waals surface area contributed by atoms with E-state index in [0.29, 0.717) is 32.2 Å². The van der Waals surface area contributed by atoms with Crippen molar-refractivity contribution in [3.63, 3.8) is 0 Å². The van der Waals surface area contributed by atoms with Crippen LogP contribution in [0.15, 0.2) is 59.0 Å². The summed E-state index contributed by atoms with van der Waals surface area (Å²) in [6.07, 6.45) is 0. The molecular formula is C20H22N4O2. The van der Waals surface area contributed by atoms with Gasteiger partial charge in [0.25, 0.3) is 6.01 Å². The Hall–Kier alpha value is -2.86. The van der Waals surface area contributed by atoms with Gasteiger partial charge in [-0.15, -0.1) is 0 Å². The number of oxazole rings is 1. The first-order valence-corrected chi connectivity index (χ1v) is 8.80. The topological polar surface area (TPSA) is 75.6 Å². The minimum Gasteiger partial charge on any atom is -0.423 e. The van der Waals surface area contributed by atoms with Gasteiger partial charge in [0.15, 0.2) is 5.58 Å². The zero-order chi connectivity index (χ0) is 18.1. The normalized spacial score (nSPS) is 17.3. The average molecular weight is 350 g/mol. The van der Waals surface area contributed by atoms with Crippen molar-refractivity contribution < 1.29 is 9.21 Å². The molecule has 1 atom stereocenters. The first-order valence-electron chi connectivity index (χ1n) is 8.80. The van der Waals surface area contributed by atoms with Gasteiger partial charge in [0, 0.05) is 26.2 Å². The molecule has 1 fully saturated rings. The van der Waals surface area contributed by atoms with E-state index in [1.165, 1.54) is 0 Å². The number of carbonyl (C=O) groups excluding carboxylic acids is 1. The van der Waals surface area contributed by atoms with E-state index >= 15 is 0 Å². The quantitative estimate of drug-likeness (QED) is 0.785. The molecule has 1 aliphatic heterocycles. The SMILES string of the molecule is CC(N)(C(=O)N1CCN(c2nc3ccccc3o2)CC1)c1ccccc1. The summed E-state index contributed by atoms with van der Waals surface area (Å²) in [6.45, 7) is 4.30. The summed E-state index contributed by atoms with van der Waals surface area (Å²) in [7, 11) is 0. The Morgan fingerprint density at radius 3 is 2.38 bits per heavy atom. The van der Waals surface area contributed by atoms with Crippen molar-refractivity contribution in [2.24, 2.45) is 5.73 Å². The highest BCUT2D eigenvalue weighted by Crippen LogP contribution is 2.25. The van der Waals surface area contributed by atoms with E-state index in [9.17, 15) is 4.79 Å². The van der Waals surface area contributed by atoms with Gasteiger partial charge in [0.2, 0.25) is 5.91 Å². The summed E-state index contributed by atoms with van der Waals surface area (Å²) in [5.74, 6) is -0.0547. The maximum Gasteiger partial charge on any atom is 0.298 e. The van der Waals surface area contributed by atoms with E-state index in [-0.39, 0.29) is 5.91 Å². The molecule has 6 heteroatoms. The lowest BCUT2D eigenvalue weighted by atomic mass is 9.91. The highest BCUT2D eigenvalue weighted by Gasteiger charge is 2.36. The average Bonchev–Trinajstić information content (AvgIpc) is 3.12. The zero-order valence-corrected chi connectivity index (χ0v) is 14.8. The van der Waals surface area contributed by atoms with Gasteiger partial charge in [-0.25, -0.2) is 0 Å². The number of nitrogens with two attached hydrogens (primary N) is 1. The molecule has 134 valence electrons. The van der Waals surface area contributed by atoms with E-state index < -0.39 is 5.54 Å². The molecule has 2 aromatic carbocycles. The Morgan fingerprint density at radius 2 is 1.69 bits per heavy atom. The summed E-state index contributed by atoms with van der Waals surface area (Å²) >= 11 is 0. The van der Waals surface area contributed by atoms with Gasteiger partial charge < -0.3 is 20.0 Å². The highest BCUT2D eigenvalue weighted by atomic mass is 16.4. The molecule has 1 aliphatic rings. The van der Waals surface area contributed by atoms with E-state index in [1.807, 2.05) is 59.5 Å². The van der Waals surface area contributed by atoms with Crippen LogP contribution in [0.2, 0.25) is 0 Å². The molecule has 1 aromatic heterocycles. The number of carbonyl (C=O) groups is 1. The van der Waals surface area contributed by atoms with Crippen molar-refractivity contribution in [1.82, 2.24) is 9.88 Å². The molecule has 2 N–H and O–H groups in total. The largest absolute Gasteiger partial charge is 0.423 e. The van der Waals surface area contributed by atoms with Crippen LogP contribution >= 0.6 is 0 Å². The van der Waals surface area contributed by atoms with Gasteiger partial charge in [0.1, 0.15) is 11.1 Å². The van der Waals surface area contributed by atoms with Gasteiger partial charge >= 0.3 is 0 Å². The Kier molecular flexibility index (Phi) is 4.12. The molecule has 1 unspecified atom stereocenters. The van der Waals surface area contributed by atoms with Crippen LogP contribution < -0.4 is 10.6 Å². The van der Waals surface area contributed by atoms with E-state index in [2.05, 4.69) is 9.88 Å². The molecule has 1 saturated heterocycles. The van der Waals surface area contributed by atoms with Crippen molar-refractivity contribution in [2.75, 3.05) is 31.1 Å². The van der Waals surface area contributed by atoms with Gasteiger partial charge in [0.05, 0.1) is 0 Å². The third-order valence-electron chi connectivity index (χ3n) is 4.94. The van der Waals surface area contributed by atoms with Crippen molar-refractivity contribution in [2.45, 2.75) is 12.5 Å². The van der Waals surface area contributed by atoms with E-state index in [4.69, 9.17) is 10.2 Å². The molecule has 0 bridgehead atoms. The number of amides is 1. The Balaban J connectivity index is 1.45. The van der Waals surface area contributed by atoms with Crippen LogP contribution in [0.5, 0.6) is 0 Å². The number of anilines is 1. The summed E-state index contributed by atoms with van der Waals surface area (Å²) in [5.41, 5.74) is 7.80. The summed E-state index contributed by atoms with van der Waals surface area (Å²) in [6, 6.07) is 17.8. The first kappa shape index (κ1) is 16.6. The zero-order valence-electron chi connectivity index (χ0n) is 14.8. The minimum absolute atomic E-state index is 0.0547. The lowest BCUT2D eigenvalue weighted by Gasteiger charge is -2.38. The molecule has 3 aromatic rings. The van der Waals surface area contributed by atoms with Crippen LogP contribution in [0.25, 0.3) is 11.1 Å². The van der Waals surface area contributed by atoms with E-state index in [0.717, 1.165) is 16.7 Å². The van der Waals surface area contributed by atoms with Crippen LogP contribution in [-0.2, 0) is 10.3 Å². The molecule has 1 amide bonds. The summed E-state index contributed by atoms with van der Waals surface area (Å²) < 4.78 is 5.83. The maximum absolute atomic E-state index is 12.9. The lowest BCUT2D eigenvalue weighted by molar-refractivity contribution is -0.137. The summed E-state index contributed by atoms with van der Waals surface area (Å²) in [5, 5.41) is 0. The lowest BCUT2D eigenvalue weighted by Crippen LogP contribution is -2.56. The third kappa shape index (κ3) is 2.93. The number of aromatic nitrogens is 1. The second-order valence-electron chi connectivity index (χ2n) is 6.81. The van der Waals surface area contributed by atoms with Crippen LogP contribution in [0.4, 0.5) is 6.01 Å². The number of benzene rings is 2. The highest BCUT2D eigenvalue weighted by molar-refractivity contribution is 5.87. The van der Waals surface area contributed by atoms with Crippen LogP contribution in [0.1, 0.15) is 12.5 Å². The monoisotopic (exact) mass is 350 g/mol. The van der Waals surface area contributed by atoms with Crippen molar-refractivity contribution in [3.05, 3.63) is 60.2 Å². The molecule has 6 nitrogen and oxygen atoms in total. The van der Waals surface area contributed by atoms with Gasteiger partial charge in [-0.2, -0.15) is 4.98 Å². The Labute approximate surface area is 152 Å². The van der Waals surface area contributed by atoms with Gasteiger partial charge in [-0.05, 0) is 24.6 Å². The predicted octanol–water partition coefficient (Wildman–Crippen LogP) is 2.35. The number of fused-ring (bicyclic) bond motifs is 1. The number of hydrogen-bond acceptors (Lipinski definition) is 5. The molecule has 4 rings (SSSR count). The van der Waals surface area contributed by atoms with Crippen LogP contribution in [0, 0.1) is 0 Å². The molecule has 2 heterocycles. The molecule has 26 heavy (non-hydrogen) atoms. The van der Waals surface area contributed by atoms with Crippen molar-refractivity contribution >= 4 is 23.0 Å². The smallest absolute Gasteiger partial charge is 0.298 e. The third-order valence-corrected chi connectivity index (χ3v) is 4.94. The minimum atomic E-state index is -1.03. The standard InChI is InChI=1S/C20H22N4O2/c1-20(21,15-7-3-2-4-8-15)18(25)23-11-13-24(14-12-23)19-22-16-9-5-6-10-17(16)26-19/h2-10H,11-14,21H2,1H3. The van der Waals surface area contributed by atoms with Crippen molar-refractivity contribution in [3.8, 4) is 0 Å². The van der Waals surface area contributed by atoms with Gasteiger partial charge in [-0.3, -0.25) is 4.79 Å². The molecule has 0 radical (unpaired) electrons. The second-order valence-corrected chi connectivity index (χ2v) is 6.81. The van der Waals surface area contributed by atoms with Crippen LogP contribution in [-0.4, -0.2) is 42.0 Å². The fraction of sp³-hybridized carbons (Fsp3) is 0.300. The fourth-order valence-corrected chi connectivity index (χ4v) is 3.33. The first-order chi connectivity index (χ1) is 12.6. The fourth-order valence-electron chi connectivity index (χ4n) is 3.33. The molecule has 0 aliphatic carbocycles. The number of hydrogen-bond donors (Lipinski definition) is 1. The van der Waals surface area contributed by atoms with Crippen LogP contribution in [0.3, 0.4) is 0 Å². The van der Waals surface area contributed by atoms with E-state index in [1.54, 1.807) is 6.92 Å². The number of para-hydroxylation sites is 2. The maximum atomic E-state index is 12.9. The molecule has 0 saturated carbocycles.